The molecule has 0 bridgehead atoms. The van der Waals surface area contributed by atoms with Crippen LogP contribution in [0.4, 0.5) is 58.2 Å². The number of carbonyl (C=O) groups excluding carboxylic acids is 5. The molecule has 0 saturated carbocycles. The van der Waals surface area contributed by atoms with Crippen LogP contribution in [0.5, 0.6) is 24.0 Å². The number of unbranched alkanes of at least 4 members (excludes halogenated alkanes) is 2. The number of aromatic amines is 1. The number of hydrogen-bond acceptors (Lipinski definition) is 34. The van der Waals surface area contributed by atoms with E-state index in [-0.39, 0.29) is 110 Å². The van der Waals surface area contributed by atoms with Crippen molar-refractivity contribution in [2.75, 3.05) is 158 Å². The summed E-state index contributed by atoms with van der Waals surface area (Å²) in [4.78, 5) is 138. The lowest BCUT2D eigenvalue weighted by atomic mass is 9.97. The van der Waals surface area contributed by atoms with Gasteiger partial charge >= 0.3 is 29.7 Å². The smallest absolute Gasteiger partial charge is 0.348 e. The van der Waals surface area contributed by atoms with Crippen LogP contribution in [0.2, 0.25) is 0 Å². The zero-order valence-electron chi connectivity index (χ0n) is 87.0. The van der Waals surface area contributed by atoms with E-state index in [0.717, 1.165) is 118 Å². The normalized spacial score (nSPS) is 18.1. The molecule has 35 heteroatoms. The van der Waals surface area contributed by atoms with Crippen LogP contribution in [-0.4, -0.2) is 226 Å². The molecule has 15 heterocycles. The highest BCUT2D eigenvalue weighted by molar-refractivity contribution is 5.96. The zero-order chi connectivity index (χ0) is 103. The van der Waals surface area contributed by atoms with Gasteiger partial charge in [0, 0.05) is 125 Å². The molecular formula is C112H149N25O10. The highest BCUT2D eigenvalue weighted by atomic mass is 16.5. The molecule has 5 fully saturated rings. The number of nitrogens with two attached hydrogens (primary N) is 5. The lowest BCUT2D eigenvalue weighted by Crippen LogP contribution is -2.44. The Morgan fingerprint density at radius 2 is 0.626 bits per heavy atom. The van der Waals surface area contributed by atoms with Gasteiger partial charge in [0.2, 0.25) is 0 Å². The van der Waals surface area contributed by atoms with Gasteiger partial charge in [0.15, 0.2) is 28.9 Å². The minimum atomic E-state index is -0.483. The molecule has 3 atom stereocenters. The van der Waals surface area contributed by atoms with E-state index >= 15 is 0 Å². The van der Waals surface area contributed by atoms with Gasteiger partial charge < -0.3 is 72.1 Å². The van der Waals surface area contributed by atoms with E-state index < -0.39 is 5.69 Å². The average molecular weight is 2010 g/mol. The third kappa shape index (κ3) is 29.0. The molecule has 5 aromatic carbocycles. The van der Waals surface area contributed by atoms with Gasteiger partial charge in [-0.15, -0.1) is 0 Å². The quantitative estimate of drug-likeness (QED) is 0.0204. The summed E-state index contributed by atoms with van der Waals surface area (Å²) in [5.74, 6) is 5.55. The van der Waals surface area contributed by atoms with Gasteiger partial charge in [0.1, 0.15) is 58.2 Å². The fourth-order valence-electron chi connectivity index (χ4n) is 20.9. The van der Waals surface area contributed by atoms with Crippen molar-refractivity contribution >= 4 is 87.1 Å². The summed E-state index contributed by atoms with van der Waals surface area (Å²) in [7, 11) is 0. The number of anilines is 10. The van der Waals surface area contributed by atoms with Gasteiger partial charge in [-0.05, 0) is 232 Å². The number of ether oxygens (including phenoxy) is 4. The minimum Gasteiger partial charge on any atom is -0.464 e. The topological polar surface area (TPSA) is 434 Å². The van der Waals surface area contributed by atoms with E-state index in [2.05, 4.69) is 204 Å². The number of nitrogens with zero attached hydrogens (tertiary/aromatic N) is 19. The Kier molecular flexibility index (Phi) is 37.2. The van der Waals surface area contributed by atoms with Gasteiger partial charge in [-0.2, -0.15) is 44.9 Å². The van der Waals surface area contributed by atoms with Gasteiger partial charge in [0.25, 0.3) is 0 Å². The Labute approximate surface area is 863 Å². The van der Waals surface area contributed by atoms with Gasteiger partial charge in [-0.3, -0.25) is 53.5 Å². The van der Waals surface area contributed by atoms with Crippen LogP contribution in [0.3, 0.4) is 0 Å². The Morgan fingerprint density at radius 3 is 0.993 bits per heavy atom. The molecule has 20 rings (SSSR count). The lowest BCUT2D eigenvalue weighted by Gasteiger charge is -2.35. The summed E-state index contributed by atoms with van der Waals surface area (Å²) >= 11 is 0. The average Bonchev–Trinajstić information content (AvgIpc) is 1.24. The summed E-state index contributed by atoms with van der Waals surface area (Å²) in [5.41, 5.74) is 45.8. The third-order valence-electron chi connectivity index (χ3n) is 28.9. The van der Waals surface area contributed by atoms with Crippen LogP contribution in [-0.2, 0) is 122 Å². The summed E-state index contributed by atoms with van der Waals surface area (Å²) in [5, 5.41) is 0. The first kappa shape index (κ1) is 106. The molecule has 782 valence electrons. The Hall–Kier alpha value is -13.4. The van der Waals surface area contributed by atoms with E-state index in [9.17, 15) is 28.8 Å². The van der Waals surface area contributed by atoms with Crippen LogP contribution in [0.1, 0.15) is 235 Å². The molecule has 11 N–H and O–H groups in total. The Morgan fingerprint density at radius 1 is 0.333 bits per heavy atom. The number of aromatic nitrogens is 10. The second-order valence-electron chi connectivity index (χ2n) is 40.7. The first-order valence-electron chi connectivity index (χ1n) is 53.3. The van der Waals surface area contributed by atoms with Crippen LogP contribution >= 0.6 is 0 Å². The molecule has 5 saturated heterocycles. The standard InChI is InChI=1S/3C24H33N5O2.C21H27N5O2.C19H23N5O2/c1-3-6-17(2)31-24-26-22(25)21-13-20(30)16-29(23(21)27-24)15-19-9-7-18(8-10-19)14-28-11-4-5-12-28;1-3-4-13-31-24-26-22(25)20-14-21(30)17(2)29(23(20)27-24)16-19-9-7-18(8-10-19)15-28-11-5-6-12-28;1-3-4-12-31-24-26-22(25)20-14-21(30)17(2)29(23(20)27-24)16-19-9-7-8-18(13-19)15-28-10-5-6-11-28;1-2-28-21-23-19(22)18-11-17(27)14-26(20(18)24-21)13-16-7-5-6-15(10-16)12-25-8-3-4-9-25;20-17-16-9-15(25)12-24(18(16)22-19(26)21-17)11-14-5-3-4-13(8-14)10-23-6-1-2-7-23/h2*7-10,17H,3-6,11-16H2,1-2H3,(H2,25,26,27);7-9,13,17H,3-6,10-12,14-16H2,1-2H3,(H2,25,26,27);5-7,10H,2-4,8-9,11-14H2,1H3,(H2,22,23,24);3-5,8H,1-2,6-7,9-12H2,(H3,20,21,22,26)/t17-;;;;/m0..../s1. The maximum Gasteiger partial charge on any atom is 0.348 e. The summed E-state index contributed by atoms with van der Waals surface area (Å²) < 4.78 is 22.8. The van der Waals surface area contributed by atoms with E-state index in [4.69, 9.17) is 47.6 Å². The number of nitrogens with one attached hydrogen (secondary N) is 1. The number of Topliss-reactive ketones (excluding diaryl/α,β-unsaturated/α-hetero) is 5. The summed E-state index contributed by atoms with van der Waals surface area (Å²) in [6, 6.07) is 43.6. The highest BCUT2D eigenvalue weighted by Crippen LogP contribution is 2.39. The number of carbonyl (C=O) groups is 5. The predicted octanol–water partition coefficient (Wildman–Crippen LogP) is 13.3. The van der Waals surface area contributed by atoms with Crippen LogP contribution in [0.25, 0.3) is 0 Å². The number of likely N-dealkylation sites (tertiary alicyclic amines) is 5. The molecule has 0 amide bonds. The Balaban J connectivity index is 0.000000131. The van der Waals surface area contributed by atoms with E-state index in [0.29, 0.717) is 146 Å². The molecule has 0 spiro atoms. The number of hydrogen-bond donors (Lipinski definition) is 6. The Bertz CT molecular complexity index is 6220. The number of rotatable bonds is 34. The highest BCUT2D eigenvalue weighted by Gasteiger charge is 2.38. The van der Waals surface area contributed by atoms with E-state index in [1.165, 1.54) is 144 Å². The van der Waals surface area contributed by atoms with Crippen LogP contribution < -0.4 is 77.8 Å². The monoisotopic (exact) mass is 2000 g/mol. The SMILES string of the molecule is CCCCOc1nc(N)c2c(n1)N(Cc1ccc(CN3CCCC3)cc1)C(C)C(=O)C2.CCCCOc1nc(N)c2c(n1)N(Cc1cccc(CN3CCCC3)c1)C(C)C(=O)C2.CCC[C@H](C)Oc1nc(N)c2c(n1)N(Cc1ccc(CN3CCCC3)cc1)CC(=O)C2.CCOc1nc(N)c2c(n1)N(Cc1cccc(CN3CCCC3)c1)CC(=O)C2.Nc1[nH]c(=O)nc2c1CC(=O)CN2Cc1cccc(CN2CCCC2)c1. The number of nitrogen functional groups attached to an aromatic ring is 5. The fourth-order valence-corrected chi connectivity index (χ4v) is 20.9. The van der Waals surface area contributed by atoms with Crippen molar-refractivity contribution in [2.24, 2.45) is 0 Å². The largest absolute Gasteiger partial charge is 0.464 e. The second kappa shape index (κ2) is 51.3. The first-order chi connectivity index (χ1) is 71.3. The molecule has 0 aliphatic carbocycles. The second-order valence-corrected chi connectivity index (χ2v) is 40.7. The molecule has 10 aliphatic rings. The molecule has 147 heavy (non-hydrogen) atoms. The lowest BCUT2D eigenvalue weighted by molar-refractivity contribution is -0.120. The molecule has 2 unspecified atom stereocenters. The van der Waals surface area contributed by atoms with Crippen molar-refractivity contribution in [2.45, 2.75) is 267 Å². The first-order valence-corrected chi connectivity index (χ1v) is 53.3. The summed E-state index contributed by atoms with van der Waals surface area (Å²) in [6.45, 7) is 36.2. The minimum absolute atomic E-state index is 0.0178. The summed E-state index contributed by atoms with van der Waals surface area (Å²) in [6.07, 6.45) is 20.1. The molecule has 0 radical (unpaired) electrons. The van der Waals surface area contributed by atoms with Crippen molar-refractivity contribution in [3.8, 4) is 24.0 Å². The number of ketones is 5. The number of fused-ring (bicyclic) bond motifs is 5. The van der Waals surface area contributed by atoms with Crippen molar-refractivity contribution in [3.05, 3.63) is 215 Å². The van der Waals surface area contributed by atoms with E-state index in [1.54, 1.807) is 0 Å². The number of H-pyrrole nitrogens is 1. The molecule has 5 aromatic heterocycles. The van der Waals surface area contributed by atoms with Crippen molar-refractivity contribution < 1.29 is 42.9 Å². The fraction of sp³-hybridized carbons (Fsp3) is 0.509. The molecule has 10 aliphatic heterocycles. The predicted molar refractivity (Wildman–Crippen MR) is 575 cm³/mol. The maximum atomic E-state index is 12.7. The van der Waals surface area contributed by atoms with Crippen molar-refractivity contribution in [1.82, 2.24) is 74.3 Å². The zero-order valence-corrected chi connectivity index (χ0v) is 87.0. The van der Waals surface area contributed by atoms with Crippen LogP contribution in [0, 0.1) is 0 Å². The van der Waals surface area contributed by atoms with Crippen molar-refractivity contribution in [3.63, 3.8) is 0 Å². The van der Waals surface area contributed by atoms with Crippen LogP contribution in [0.15, 0.2) is 126 Å². The third-order valence-corrected chi connectivity index (χ3v) is 28.9. The van der Waals surface area contributed by atoms with Gasteiger partial charge in [-0.25, -0.2) is 4.79 Å². The van der Waals surface area contributed by atoms with Gasteiger partial charge in [0.05, 0.1) is 57.6 Å². The molecular weight excluding hydrogens is 1860 g/mol. The van der Waals surface area contributed by atoms with Crippen molar-refractivity contribution in [1.29, 1.82) is 0 Å². The number of benzene rings is 5. The van der Waals surface area contributed by atoms with Gasteiger partial charge in [-0.1, -0.05) is 161 Å². The molecule has 10 aromatic rings. The van der Waals surface area contributed by atoms with E-state index in [1.807, 2.05) is 64.3 Å². The molecule has 35 nitrogen and oxygen atoms in total. The maximum absolute atomic E-state index is 12.7.